The van der Waals surface area contributed by atoms with Crippen molar-refractivity contribution in [2.45, 2.75) is 13.5 Å². The van der Waals surface area contributed by atoms with Gasteiger partial charge in [0.2, 0.25) is 0 Å². The molecule has 0 spiro atoms. The van der Waals surface area contributed by atoms with Crippen molar-refractivity contribution in [1.82, 2.24) is 10.2 Å². The first kappa shape index (κ1) is 13.0. The fourth-order valence-electron chi connectivity index (χ4n) is 2.59. The molecule has 0 radical (unpaired) electrons. The highest BCUT2D eigenvalue weighted by Crippen LogP contribution is 2.41. The highest BCUT2D eigenvalue weighted by Gasteiger charge is 2.22. The van der Waals surface area contributed by atoms with E-state index in [-0.39, 0.29) is 0 Å². The van der Waals surface area contributed by atoms with E-state index < -0.39 is 0 Å². The minimum absolute atomic E-state index is 0.572. The molecule has 0 aromatic heterocycles. The first-order valence-corrected chi connectivity index (χ1v) is 7.14. The molecule has 1 aromatic rings. The van der Waals surface area contributed by atoms with Gasteiger partial charge in [-0.2, -0.15) is 0 Å². The van der Waals surface area contributed by atoms with E-state index in [1.54, 1.807) is 0 Å². The third-order valence-corrected chi connectivity index (χ3v) is 4.09. The van der Waals surface area contributed by atoms with E-state index in [0.29, 0.717) is 24.0 Å². The molecule has 2 aliphatic heterocycles. The van der Waals surface area contributed by atoms with Crippen LogP contribution < -0.4 is 14.8 Å². The third-order valence-electron chi connectivity index (χ3n) is 3.69. The minimum atomic E-state index is 0.572. The maximum atomic E-state index is 6.50. The van der Waals surface area contributed by atoms with Crippen LogP contribution in [-0.2, 0) is 6.54 Å². The van der Waals surface area contributed by atoms with Gasteiger partial charge >= 0.3 is 0 Å². The molecule has 0 aliphatic carbocycles. The average Bonchev–Trinajstić information content (AvgIpc) is 2.45. The SMILES string of the molecule is Cc1cc2c(c(Cl)c1CN1CCNCC1)OCCO2. The number of aryl methyl sites for hydroxylation is 1. The van der Waals surface area contributed by atoms with Crippen molar-refractivity contribution >= 4 is 11.6 Å². The Labute approximate surface area is 118 Å². The van der Waals surface area contributed by atoms with Crippen molar-refractivity contribution in [3.8, 4) is 11.5 Å². The van der Waals surface area contributed by atoms with Crippen molar-refractivity contribution in [1.29, 1.82) is 0 Å². The summed E-state index contributed by atoms with van der Waals surface area (Å²) < 4.78 is 11.2. The number of hydrogen-bond acceptors (Lipinski definition) is 4. The highest BCUT2D eigenvalue weighted by atomic mass is 35.5. The molecule has 1 fully saturated rings. The molecule has 0 atom stereocenters. The summed E-state index contributed by atoms with van der Waals surface area (Å²) in [5, 5.41) is 4.08. The Morgan fingerprint density at radius 1 is 1.26 bits per heavy atom. The summed E-state index contributed by atoms with van der Waals surface area (Å²) in [7, 11) is 0. The van der Waals surface area contributed by atoms with Crippen molar-refractivity contribution in [2.24, 2.45) is 0 Å². The van der Waals surface area contributed by atoms with Crippen LogP contribution in [-0.4, -0.2) is 44.3 Å². The number of benzene rings is 1. The van der Waals surface area contributed by atoms with Gasteiger partial charge in [0.15, 0.2) is 11.5 Å². The Bertz CT molecular complexity index is 473. The number of nitrogens with one attached hydrogen (secondary N) is 1. The summed E-state index contributed by atoms with van der Waals surface area (Å²) in [6, 6.07) is 2.04. The van der Waals surface area contributed by atoms with Crippen LogP contribution in [0, 0.1) is 6.92 Å². The lowest BCUT2D eigenvalue weighted by atomic mass is 10.1. The highest BCUT2D eigenvalue weighted by molar-refractivity contribution is 6.33. The van der Waals surface area contributed by atoms with Crippen LogP contribution in [0.15, 0.2) is 6.07 Å². The van der Waals surface area contributed by atoms with Crippen LogP contribution in [0.3, 0.4) is 0 Å². The standard InChI is InChI=1S/C14H19ClN2O2/c1-10-8-12-14(19-7-6-18-12)13(15)11(10)9-17-4-2-16-3-5-17/h8,16H,2-7,9H2,1H3. The predicted octanol–water partition coefficient (Wildman–Crippen LogP) is 1.82. The molecule has 3 rings (SSSR count). The minimum Gasteiger partial charge on any atom is -0.486 e. The Morgan fingerprint density at radius 2 is 2.00 bits per heavy atom. The van der Waals surface area contributed by atoms with Gasteiger partial charge in [0, 0.05) is 32.7 Å². The largest absolute Gasteiger partial charge is 0.486 e. The van der Waals surface area contributed by atoms with E-state index in [9.17, 15) is 0 Å². The molecule has 0 unspecified atom stereocenters. The van der Waals surface area contributed by atoms with Gasteiger partial charge < -0.3 is 14.8 Å². The van der Waals surface area contributed by atoms with Gasteiger partial charge in [-0.05, 0) is 24.1 Å². The van der Waals surface area contributed by atoms with E-state index in [1.807, 2.05) is 6.07 Å². The topological polar surface area (TPSA) is 33.7 Å². The molecule has 19 heavy (non-hydrogen) atoms. The summed E-state index contributed by atoms with van der Waals surface area (Å²) in [6.07, 6.45) is 0. The average molecular weight is 283 g/mol. The molecule has 5 heteroatoms. The summed E-state index contributed by atoms with van der Waals surface area (Å²) in [4.78, 5) is 2.42. The van der Waals surface area contributed by atoms with Gasteiger partial charge in [0.1, 0.15) is 13.2 Å². The van der Waals surface area contributed by atoms with Crippen LogP contribution in [0.4, 0.5) is 0 Å². The number of nitrogens with zero attached hydrogens (tertiary/aromatic N) is 1. The quantitative estimate of drug-likeness (QED) is 0.897. The van der Waals surface area contributed by atoms with E-state index in [1.165, 1.54) is 5.56 Å². The molecule has 4 nitrogen and oxygen atoms in total. The maximum absolute atomic E-state index is 6.50. The van der Waals surface area contributed by atoms with Crippen LogP contribution in [0.5, 0.6) is 11.5 Å². The predicted molar refractivity (Wildman–Crippen MR) is 75.3 cm³/mol. The van der Waals surface area contributed by atoms with Crippen molar-refractivity contribution in [3.63, 3.8) is 0 Å². The van der Waals surface area contributed by atoms with E-state index in [0.717, 1.165) is 44.0 Å². The molecule has 1 N–H and O–H groups in total. The van der Waals surface area contributed by atoms with Gasteiger partial charge in [-0.15, -0.1) is 0 Å². The summed E-state index contributed by atoms with van der Waals surface area (Å²) in [5.74, 6) is 1.49. The molecule has 104 valence electrons. The number of rotatable bonds is 2. The van der Waals surface area contributed by atoms with Crippen molar-refractivity contribution < 1.29 is 9.47 Å². The van der Waals surface area contributed by atoms with E-state index in [2.05, 4.69) is 17.1 Å². The van der Waals surface area contributed by atoms with E-state index in [4.69, 9.17) is 21.1 Å². The molecular formula is C14H19ClN2O2. The summed E-state index contributed by atoms with van der Waals surface area (Å²) in [5.41, 5.74) is 2.33. The molecule has 0 amide bonds. The Balaban J connectivity index is 1.87. The molecule has 2 aliphatic rings. The lowest BCUT2D eigenvalue weighted by Crippen LogP contribution is -2.43. The Hall–Kier alpha value is -0.970. The second kappa shape index (κ2) is 5.57. The van der Waals surface area contributed by atoms with Crippen LogP contribution in [0.2, 0.25) is 5.02 Å². The monoisotopic (exact) mass is 282 g/mol. The zero-order valence-corrected chi connectivity index (χ0v) is 11.9. The molecule has 0 saturated carbocycles. The number of hydrogen-bond donors (Lipinski definition) is 1. The second-order valence-electron chi connectivity index (χ2n) is 5.04. The van der Waals surface area contributed by atoms with Gasteiger partial charge in [0.25, 0.3) is 0 Å². The molecule has 1 aromatic carbocycles. The van der Waals surface area contributed by atoms with Crippen LogP contribution >= 0.6 is 11.6 Å². The lowest BCUT2D eigenvalue weighted by Gasteiger charge is -2.29. The zero-order chi connectivity index (χ0) is 13.2. The Morgan fingerprint density at radius 3 is 2.79 bits per heavy atom. The summed E-state index contributed by atoms with van der Waals surface area (Å²) in [6.45, 7) is 8.34. The van der Waals surface area contributed by atoms with Gasteiger partial charge in [0.05, 0.1) is 5.02 Å². The number of fused-ring (bicyclic) bond motifs is 1. The van der Waals surface area contributed by atoms with Gasteiger partial charge in [-0.1, -0.05) is 11.6 Å². The smallest absolute Gasteiger partial charge is 0.180 e. The van der Waals surface area contributed by atoms with Crippen LogP contribution in [0.25, 0.3) is 0 Å². The first-order valence-electron chi connectivity index (χ1n) is 6.76. The number of piperazine rings is 1. The number of halogens is 1. The van der Waals surface area contributed by atoms with Crippen molar-refractivity contribution in [2.75, 3.05) is 39.4 Å². The number of ether oxygens (including phenoxy) is 2. The molecule has 2 heterocycles. The normalized spacial score (nSPS) is 19.5. The van der Waals surface area contributed by atoms with Gasteiger partial charge in [-0.3, -0.25) is 4.90 Å². The first-order chi connectivity index (χ1) is 9.25. The Kier molecular flexibility index (Phi) is 3.82. The third kappa shape index (κ3) is 2.66. The molecular weight excluding hydrogens is 264 g/mol. The lowest BCUT2D eigenvalue weighted by molar-refractivity contribution is 0.170. The fraction of sp³-hybridized carbons (Fsp3) is 0.571. The molecule has 1 saturated heterocycles. The molecule has 0 bridgehead atoms. The summed E-state index contributed by atoms with van der Waals surface area (Å²) >= 11 is 6.50. The van der Waals surface area contributed by atoms with Crippen LogP contribution in [0.1, 0.15) is 11.1 Å². The van der Waals surface area contributed by atoms with E-state index >= 15 is 0 Å². The van der Waals surface area contributed by atoms with Crippen molar-refractivity contribution in [3.05, 3.63) is 22.2 Å². The van der Waals surface area contributed by atoms with Gasteiger partial charge in [-0.25, -0.2) is 0 Å². The zero-order valence-electron chi connectivity index (χ0n) is 11.2. The fourth-order valence-corrected chi connectivity index (χ4v) is 2.95. The second-order valence-corrected chi connectivity index (χ2v) is 5.41. The maximum Gasteiger partial charge on any atom is 0.180 e.